The van der Waals surface area contributed by atoms with Crippen LogP contribution in [0.25, 0.3) is 0 Å². The van der Waals surface area contributed by atoms with Gasteiger partial charge in [0, 0.05) is 37.8 Å². The minimum absolute atomic E-state index is 0. The van der Waals surface area contributed by atoms with E-state index in [9.17, 15) is 13.2 Å². The predicted molar refractivity (Wildman–Crippen MR) is 113 cm³/mol. The first-order valence-corrected chi connectivity index (χ1v) is 11.3. The van der Waals surface area contributed by atoms with Crippen molar-refractivity contribution in [3.63, 3.8) is 0 Å². The Morgan fingerprint density at radius 3 is 2.18 bits per heavy atom. The highest BCUT2D eigenvalue weighted by molar-refractivity contribution is 7.89. The number of carbonyl (C=O) groups is 1. The molecule has 2 saturated heterocycles. The van der Waals surface area contributed by atoms with Gasteiger partial charge in [0.05, 0.1) is 4.90 Å². The summed E-state index contributed by atoms with van der Waals surface area (Å²) in [6.45, 7) is 8.19. The Balaban J connectivity index is 0.00000280. The van der Waals surface area contributed by atoms with Crippen LogP contribution in [0.5, 0.6) is 0 Å². The molecule has 0 saturated carbocycles. The number of nitrogens with zero attached hydrogens (tertiary/aromatic N) is 2. The number of piperidine rings is 2. The molecule has 1 aromatic rings. The number of likely N-dealkylation sites (tertiary alicyclic amines) is 1. The zero-order valence-electron chi connectivity index (χ0n) is 17.0. The van der Waals surface area contributed by atoms with Crippen LogP contribution in [-0.2, 0) is 10.0 Å². The number of hydrogen-bond donors (Lipinski definition) is 1. The van der Waals surface area contributed by atoms with Crippen molar-refractivity contribution in [2.24, 2.45) is 11.7 Å². The fourth-order valence-electron chi connectivity index (χ4n) is 3.87. The molecular formula is C20H32ClN3O3S. The fraction of sp³-hybridized carbons (Fsp3) is 0.650. The molecule has 158 valence electrons. The van der Waals surface area contributed by atoms with Crippen LogP contribution in [0.1, 0.15) is 54.1 Å². The van der Waals surface area contributed by atoms with Crippen LogP contribution >= 0.6 is 12.4 Å². The SMILES string of the molecule is Cc1cc(C(=O)N2CCC(N)CC2)cc(S(=O)(=O)N2CCC(C)CC2)c1C.Cl. The largest absolute Gasteiger partial charge is 0.339 e. The third kappa shape index (κ3) is 4.70. The van der Waals surface area contributed by atoms with E-state index in [2.05, 4.69) is 6.92 Å². The lowest BCUT2D eigenvalue weighted by Gasteiger charge is -2.31. The molecule has 0 aromatic heterocycles. The van der Waals surface area contributed by atoms with Gasteiger partial charge in [-0.1, -0.05) is 6.92 Å². The van der Waals surface area contributed by atoms with E-state index in [0.717, 1.165) is 36.8 Å². The van der Waals surface area contributed by atoms with Crippen molar-refractivity contribution in [3.8, 4) is 0 Å². The molecule has 28 heavy (non-hydrogen) atoms. The molecule has 2 heterocycles. The summed E-state index contributed by atoms with van der Waals surface area (Å²) < 4.78 is 28.1. The third-order valence-electron chi connectivity index (χ3n) is 6.05. The summed E-state index contributed by atoms with van der Waals surface area (Å²) in [5, 5.41) is 0. The predicted octanol–water partition coefficient (Wildman–Crippen LogP) is 2.71. The highest BCUT2D eigenvalue weighted by atomic mass is 35.5. The summed E-state index contributed by atoms with van der Waals surface area (Å²) in [7, 11) is -3.59. The number of nitrogens with two attached hydrogens (primary N) is 1. The molecule has 2 aliphatic rings. The van der Waals surface area contributed by atoms with Crippen molar-refractivity contribution in [3.05, 3.63) is 28.8 Å². The summed E-state index contributed by atoms with van der Waals surface area (Å²) in [5.74, 6) is 0.450. The van der Waals surface area contributed by atoms with Gasteiger partial charge in [0.25, 0.3) is 5.91 Å². The average Bonchev–Trinajstić information content (AvgIpc) is 2.64. The van der Waals surface area contributed by atoms with Gasteiger partial charge in [0.2, 0.25) is 10.0 Å². The molecule has 0 atom stereocenters. The van der Waals surface area contributed by atoms with Crippen molar-refractivity contribution in [2.45, 2.75) is 57.4 Å². The second kappa shape index (κ2) is 9.11. The molecule has 6 nitrogen and oxygen atoms in total. The van der Waals surface area contributed by atoms with E-state index < -0.39 is 10.0 Å². The van der Waals surface area contributed by atoms with E-state index >= 15 is 0 Å². The van der Waals surface area contributed by atoms with Gasteiger partial charge < -0.3 is 10.6 Å². The second-order valence-corrected chi connectivity index (χ2v) is 10.0. The maximum absolute atomic E-state index is 13.2. The third-order valence-corrected chi connectivity index (χ3v) is 8.08. The molecule has 1 aromatic carbocycles. The number of benzene rings is 1. The Bertz CT molecular complexity index is 812. The van der Waals surface area contributed by atoms with Crippen LogP contribution < -0.4 is 5.73 Å². The monoisotopic (exact) mass is 429 g/mol. The maximum Gasteiger partial charge on any atom is 0.253 e. The van der Waals surface area contributed by atoms with Gasteiger partial charge in [0.1, 0.15) is 0 Å². The van der Waals surface area contributed by atoms with Gasteiger partial charge in [-0.15, -0.1) is 12.4 Å². The normalized spacial score (nSPS) is 20.1. The summed E-state index contributed by atoms with van der Waals surface area (Å²) in [4.78, 5) is 15.0. The quantitative estimate of drug-likeness (QED) is 0.800. The molecule has 0 bridgehead atoms. The van der Waals surface area contributed by atoms with E-state index in [-0.39, 0.29) is 29.3 Å². The summed E-state index contributed by atoms with van der Waals surface area (Å²) in [6, 6.07) is 3.53. The Kier molecular flexibility index (Phi) is 7.53. The molecule has 1 amide bonds. The van der Waals surface area contributed by atoms with Crippen molar-refractivity contribution >= 4 is 28.3 Å². The molecule has 0 spiro atoms. The van der Waals surface area contributed by atoms with Gasteiger partial charge in [0.15, 0.2) is 0 Å². The first-order chi connectivity index (χ1) is 12.7. The van der Waals surface area contributed by atoms with Gasteiger partial charge in [-0.05, 0) is 68.7 Å². The first-order valence-electron chi connectivity index (χ1n) is 9.86. The van der Waals surface area contributed by atoms with Crippen molar-refractivity contribution < 1.29 is 13.2 Å². The fourth-order valence-corrected chi connectivity index (χ4v) is 5.66. The van der Waals surface area contributed by atoms with Gasteiger partial charge >= 0.3 is 0 Å². The molecule has 2 aliphatic heterocycles. The number of hydrogen-bond acceptors (Lipinski definition) is 4. The average molecular weight is 430 g/mol. The van der Waals surface area contributed by atoms with Gasteiger partial charge in [-0.3, -0.25) is 4.79 Å². The van der Waals surface area contributed by atoms with Crippen LogP contribution in [0, 0.1) is 19.8 Å². The van der Waals surface area contributed by atoms with Crippen LogP contribution in [0.2, 0.25) is 0 Å². The number of halogens is 1. The Morgan fingerprint density at radius 2 is 1.61 bits per heavy atom. The minimum Gasteiger partial charge on any atom is -0.339 e. The lowest BCUT2D eigenvalue weighted by Crippen LogP contribution is -2.43. The molecule has 2 N–H and O–H groups in total. The number of aryl methyl sites for hydroxylation is 1. The molecule has 0 unspecified atom stereocenters. The van der Waals surface area contributed by atoms with Crippen LogP contribution in [0.15, 0.2) is 17.0 Å². The zero-order valence-corrected chi connectivity index (χ0v) is 18.6. The second-order valence-electron chi connectivity index (χ2n) is 8.13. The standard InChI is InChI=1S/C20H31N3O3S.ClH/c1-14-4-10-23(11-5-14)27(25,26)19-13-17(12-15(2)16(19)3)20(24)22-8-6-18(21)7-9-22;/h12-14,18H,4-11,21H2,1-3H3;1H. The first kappa shape index (κ1) is 23.1. The summed E-state index contributed by atoms with van der Waals surface area (Å²) >= 11 is 0. The molecule has 0 aliphatic carbocycles. The van der Waals surface area contributed by atoms with Crippen LogP contribution in [0.4, 0.5) is 0 Å². The van der Waals surface area contributed by atoms with Gasteiger partial charge in [-0.2, -0.15) is 4.31 Å². The van der Waals surface area contributed by atoms with E-state index in [1.165, 1.54) is 0 Å². The zero-order chi connectivity index (χ0) is 19.8. The van der Waals surface area contributed by atoms with Gasteiger partial charge in [-0.25, -0.2) is 8.42 Å². The lowest BCUT2D eigenvalue weighted by molar-refractivity contribution is 0.0714. The summed E-state index contributed by atoms with van der Waals surface area (Å²) in [5.41, 5.74) is 7.95. The smallest absolute Gasteiger partial charge is 0.253 e. The topological polar surface area (TPSA) is 83.7 Å². The van der Waals surface area contributed by atoms with E-state index in [4.69, 9.17) is 5.73 Å². The van der Waals surface area contributed by atoms with E-state index in [1.807, 2.05) is 19.9 Å². The highest BCUT2D eigenvalue weighted by Crippen LogP contribution is 2.28. The number of carbonyl (C=O) groups excluding carboxylic acids is 1. The molecule has 0 radical (unpaired) electrons. The molecule has 3 rings (SSSR count). The minimum atomic E-state index is -3.59. The molecule has 2 fully saturated rings. The van der Waals surface area contributed by atoms with Crippen molar-refractivity contribution in [1.82, 2.24) is 9.21 Å². The van der Waals surface area contributed by atoms with Crippen LogP contribution in [-0.4, -0.2) is 55.8 Å². The lowest BCUT2D eigenvalue weighted by atomic mass is 10.0. The number of amides is 1. The maximum atomic E-state index is 13.2. The Hall–Kier alpha value is -1.15. The number of rotatable bonds is 3. The number of sulfonamides is 1. The highest BCUT2D eigenvalue weighted by Gasteiger charge is 2.31. The Labute approximate surface area is 174 Å². The molecule has 8 heteroatoms. The van der Waals surface area contributed by atoms with E-state index in [0.29, 0.717) is 37.7 Å². The Morgan fingerprint density at radius 1 is 1.04 bits per heavy atom. The van der Waals surface area contributed by atoms with Crippen molar-refractivity contribution in [2.75, 3.05) is 26.2 Å². The summed E-state index contributed by atoms with van der Waals surface area (Å²) in [6.07, 6.45) is 3.33. The molecular weight excluding hydrogens is 398 g/mol. The van der Waals surface area contributed by atoms with Crippen LogP contribution in [0.3, 0.4) is 0 Å². The van der Waals surface area contributed by atoms with Crippen molar-refractivity contribution in [1.29, 1.82) is 0 Å². The van der Waals surface area contributed by atoms with E-state index in [1.54, 1.807) is 15.3 Å².